The molecule has 14 nitrogen and oxygen atoms in total. The molecule has 0 radical (unpaired) electrons. The minimum atomic E-state index is -1.14. The van der Waals surface area contributed by atoms with Crippen LogP contribution in [0.1, 0.15) is 133 Å². The molecule has 1 heterocycles. The maximum atomic E-state index is 13.9. The number of amides is 3. The predicted molar refractivity (Wildman–Crippen MR) is 334 cm³/mol. The summed E-state index contributed by atoms with van der Waals surface area (Å²) in [5, 5.41) is 15.7. The maximum absolute atomic E-state index is 13.9. The average Bonchev–Trinajstić information content (AvgIpc) is 4.42. The lowest BCUT2D eigenvalue weighted by atomic mass is 9.83. The Kier molecular flexibility index (Phi) is 25.5. The number of unbranched alkanes of at least 4 members (excludes halogenated alkanes) is 6. The van der Waals surface area contributed by atoms with E-state index in [4.69, 9.17) is 47.3 Å². The molecule has 3 amide bonds. The van der Waals surface area contributed by atoms with Gasteiger partial charge in [-0.3, -0.25) is 19.2 Å². The van der Waals surface area contributed by atoms with Crippen molar-refractivity contribution in [2.24, 2.45) is 29.6 Å². The second-order valence-corrected chi connectivity index (χ2v) is 23.4. The van der Waals surface area contributed by atoms with E-state index < -0.39 is 29.1 Å². The quantitative estimate of drug-likeness (QED) is 0.0279. The lowest BCUT2D eigenvalue weighted by molar-refractivity contribution is -0.151. The summed E-state index contributed by atoms with van der Waals surface area (Å²) in [4.78, 5) is 78.2. The molecule has 4 aliphatic rings. The van der Waals surface area contributed by atoms with Gasteiger partial charge in [0.1, 0.15) is 40.1 Å². The van der Waals surface area contributed by atoms with Gasteiger partial charge in [0.25, 0.3) is 0 Å². The van der Waals surface area contributed by atoms with Gasteiger partial charge < -0.3 is 39.6 Å². The number of rotatable bonds is 28. The summed E-state index contributed by atoms with van der Waals surface area (Å²) in [7, 11) is 0. The smallest absolute Gasteiger partial charge is 0.332 e. The van der Waals surface area contributed by atoms with Crippen LogP contribution in [0.2, 0.25) is 10.0 Å². The lowest BCUT2D eigenvalue weighted by Crippen LogP contribution is -2.57. The zero-order valence-electron chi connectivity index (χ0n) is 49.9. The van der Waals surface area contributed by atoms with Gasteiger partial charge in [-0.2, -0.15) is 0 Å². The highest BCUT2D eigenvalue weighted by atomic mass is 35.5. The molecule has 8 atom stereocenters. The molecule has 3 N–H and O–H groups in total. The van der Waals surface area contributed by atoms with E-state index in [9.17, 15) is 28.8 Å². The highest BCUT2D eigenvalue weighted by molar-refractivity contribution is 6.31. The Morgan fingerprint density at radius 1 is 0.624 bits per heavy atom. The first kappa shape index (κ1) is 67.0. The molecular weight excluding hydrogens is 1120 g/mol. The van der Waals surface area contributed by atoms with Gasteiger partial charge in [-0.05, 0) is 167 Å². The molecule has 456 valence electrons. The van der Waals surface area contributed by atoms with Crippen LogP contribution in [-0.4, -0.2) is 76.0 Å². The van der Waals surface area contributed by atoms with Gasteiger partial charge >= 0.3 is 17.9 Å². The molecule has 8 rings (SSSR count). The second-order valence-electron chi connectivity index (χ2n) is 22.6. The van der Waals surface area contributed by atoms with E-state index in [0.29, 0.717) is 65.3 Å². The number of hydrogen-bond donors (Lipinski definition) is 3. The van der Waals surface area contributed by atoms with E-state index in [-0.39, 0.29) is 66.5 Å². The van der Waals surface area contributed by atoms with Crippen LogP contribution in [-0.2, 0) is 64.0 Å². The highest BCUT2D eigenvalue weighted by Gasteiger charge is 2.62. The van der Waals surface area contributed by atoms with E-state index in [1.807, 2.05) is 73.7 Å². The third kappa shape index (κ3) is 18.7. The Labute approximate surface area is 512 Å². The minimum Gasteiger partial charge on any atom is -0.481 e. The minimum absolute atomic E-state index is 0.0648. The van der Waals surface area contributed by atoms with Crippen LogP contribution in [0.15, 0.2) is 136 Å². The van der Waals surface area contributed by atoms with Gasteiger partial charge in [-0.1, -0.05) is 111 Å². The first-order chi connectivity index (χ1) is 40.8. The molecule has 4 aromatic rings. The summed E-state index contributed by atoms with van der Waals surface area (Å²) < 4.78 is 22.5. The SMILES string of the molecule is C=CC1C[C@]1(NC(=O)C1CCc2ccc(Oc3cccc(Cl)c3)cc2C1)C(=O)OCC.C=CCCCCC[C@H](C)C(=O)N1Cc2ccc(Oc3cccc(Cl)c3)cc2CC1C(=O)N[C@]1(C(=O)OCC)C[C@H]1C=C.C=CCCCCC[C@H](C)C(=O)O. The number of aryl methyl sites for hydroxylation is 1. The molecule has 4 aromatic carbocycles. The summed E-state index contributed by atoms with van der Waals surface area (Å²) >= 11 is 12.2. The van der Waals surface area contributed by atoms with Crippen molar-refractivity contribution in [1.29, 1.82) is 0 Å². The molecule has 0 spiro atoms. The maximum Gasteiger partial charge on any atom is 0.332 e. The van der Waals surface area contributed by atoms with Crippen LogP contribution in [0.4, 0.5) is 0 Å². The molecule has 2 saturated carbocycles. The van der Waals surface area contributed by atoms with Gasteiger partial charge in [-0.25, -0.2) is 9.59 Å². The van der Waals surface area contributed by atoms with E-state index in [2.05, 4.69) is 43.0 Å². The van der Waals surface area contributed by atoms with Crippen LogP contribution in [0.5, 0.6) is 23.0 Å². The van der Waals surface area contributed by atoms with Crippen LogP contribution in [0, 0.1) is 29.6 Å². The van der Waals surface area contributed by atoms with Crippen molar-refractivity contribution in [3.8, 4) is 23.0 Å². The molecule has 85 heavy (non-hydrogen) atoms. The number of fused-ring (bicyclic) bond motifs is 2. The van der Waals surface area contributed by atoms with Crippen molar-refractivity contribution in [2.75, 3.05) is 13.2 Å². The fourth-order valence-electron chi connectivity index (χ4n) is 11.0. The molecule has 16 heteroatoms. The zero-order chi connectivity index (χ0) is 61.7. The van der Waals surface area contributed by atoms with E-state index >= 15 is 0 Å². The van der Waals surface area contributed by atoms with Crippen LogP contribution >= 0.6 is 23.2 Å². The number of nitrogens with one attached hydrogen (secondary N) is 2. The third-order valence-electron chi connectivity index (χ3n) is 16.2. The normalized spacial score (nSPS) is 21.1. The number of carboxylic acids is 1. The molecular formula is C69H85Cl2N3O11. The first-order valence-corrected chi connectivity index (χ1v) is 30.7. The number of allylic oxidation sites excluding steroid dienone is 2. The standard InChI is InChI=1S/C34H41ClN2O5.C25H26ClNO4.C10H18O2/c1-5-8-9-10-11-13-23(4)32(39)37-22-24-16-17-29(42-28-15-12-14-27(35)20-28)18-25(24)19-30(37)31(38)36-34(21-26(34)6-2)33(40)41-7-3;1-3-19-15-25(19,24(29)30-4-2)27-23(28)17-9-8-16-10-11-22(13-18(16)12-17)31-21-7-5-6-20(26)14-21;1-3-4-5-6-7-8-9(2)10(11)12/h5-6,12,14-18,20,23,26,30H,1-2,7-11,13,19,21-22H2,3-4H3,(H,36,38);3,5-7,10-11,13-14,17,19H,1,4,8-9,12,15H2,2H3,(H,27,28);3,9H,1,4-8H2,2H3,(H,11,12)/t23-,26+,30?,34+;17?,19?,25-;9-/m010/s1. The number of esters is 2. The Bertz CT molecular complexity index is 3020. The Morgan fingerprint density at radius 2 is 1.11 bits per heavy atom. The number of ether oxygens (including phenoxy) is 4. The van der Waals surface area contributed by atoms with E-state index in [1.54, 1.807) is 62.1 Å². The van der Waals surface area contributed by atoms with Crippen LogP contribution < -0.4 is 20.1 Å². The molecule has 0 aromatic heterocycles. The molecule has 0 bridgehead atoms. The van der Waals surface area contributed by atoms with Crippen molar-refractivity contribution in [3.63, 3.8) is 0 Å². The first-order valence-electron chi connectivity index (χ1n) is 29.9. The van der Waals surface area contributed by atoms with E-state index in [1.165, 1.54) is 5.56 Å². The van der Waals surface area contributed by atoms with E-state index in [0.717, 1.165) is 93.7 Å². The Hall–Kier alpha value is -7.16. The number of carbonyl (C=O) groups is 6. The Balaban J connectivity index is 0.000000235. The van der Waals surface area contributed by atoms with Crippen molar-refractivity contribution in [3.05, 3.63) is 168 Å². The monoisotopic (exact) mass is 1200 g/mol. The lowest BCUT2D eigenvalue weighted by Gasteiger charge is -2.38. The third-order valence-corrected chi connectivity index (χ3v) is 16.7. The molecule has 0 saturated heterocycles. The van der Waals surface area contributed by atoms with Crippen LogP contribution in [0.3, 0.4) is 0 Å². The topological polar surface area (TPSA) is 187 Å². The summed E-state index contributed by atoms with van der Waals surface area (Å²) in [6.45, 7) is 23.0. The predicted octanol–water partition coefficient (Wildman–Crippen LogP) is 14.5. The number of benzene rings is 4. The second kappa shape index (κ2) is 32.4. The van der Waals surface area contributed by atoms with Gasteiger partial charge in [0.15, 0.2) is 0 Å². The van der Waals surface area contributed by atoms with Crippen LogP contribution in [0.25, 0.3) is 0 Å². The molecule has 1 aliphatic heterocycles. The highest BCUT2D eigenvalue weighted by Crippen LogP contribution is 2.47. The van der Waals surface area contributed by atoms with Crippen molar-refractivity contribution < 1.29 is 52.8 Å². The largest absolute Gasteiger partial charge is 0.481 e. The number of carbonyl (C=O) groups excluding carboxylic acids is 5. The summed E-state index contributed by atoms with van der Waals surface area (Å²) in [5.74, 6) is -0.403. The summed E-state index contributed by atoms with van der Waals surface area (Å²) in [5.41, 5.74) is 2.09. The van der Waals surface area contributed by atoms with Crippen molar-refractivity contribution in [1.82, 2.24) is 15.5 Å². The molecule has 3 unspecified atom stereocenters. The fraction of sp³-hybridized carbons (Fsp3) is 0.449. The van der Waals surface area contributed by atoms with Crippen molar-refractivity contribution >= 4 is 58.8 Å². The van der Waals surface area contributed by atoms with Gasteiger partial charge in [0.2, 0.25) is 17.7 Å². The summed E-state index contributed by atoms with van der Waals surface area (Å²) in [6.07, 6.45) is 20.4. The van der Waals surface area contributed by atoms with Crippen molar-refractivity contribution in [2.45, 2.75) is 154 Å². The Morgan fingerprint density at radius 3 is 1.58 bits per heavy atom. The van der Waals surface area contributed by atoms with Gasteiger partial charge in [0, 0.05) is 46.7 Å². The number of halogens is 2. The number of nitrogens with zero attached hydrogens (tertiary/aromatic N) is 1. The zero-order valence-corrected chi connectivity index (χ0v) is 51.4. The van der Waals surface area contributed by atoms with Gasteiger partial charge in [0.05, 0.1) is 19.1 Å². The molecule has 3 aliphatic carbocycles. The number of aliphatic carboxylic acids is 1. The van der Waals surface area contributed by atoms with Gasteiger partial charge in [-0.15, -0.1) is 26.3 Å². The fourth-order valence-corrected chi connectivity index (χ4v) is 11.3. The molecule has 2 fully saturated rings. The number of carboxylic acid groups (broad SMARTS) is 1. The average molecular weight is 1200 g/mol. The number of hydrogen-bond acceptors (Lipinski definition) is 10. The summed E-state index contributed by atoms with van der Waals surface area (Å²) in [6, 6.07) is 25.3.